The van der Waals surface area contributed by atoms with E-state index in [2.05, 4.69) is 41.0 Å². The van der Waals surface area contributed by atoms with Gasteiger partial charge in [0.05, 0.1) is 12.7 Å². The molecule has 0 aliphatic heterocycles. The highest BCUT2D eigenvalue weighted by Gasteiger charge is 2.12. The fourth-order valence-electron chi connectivity index (χ4n) is 2.77. The Hall–Kier alpha value is -3.07. The van der Waals surface area contributed by atoms with Crippen LogP contribution in [0.2, 0.25) is 0 Å². The highest BCUT2D eigenvalue weighted by Crippen LogP contribution is 2.15. The summed E-state index contributed by atoms with van der Waals surface area (Å²) in [6.07, 6.45) is 6.82. The molecule has 0 saturated heterocycles. The largest absolute Gasteiger partial charge is 0.465 e. The van der Waals surface area contributed by atoms with E-state index in [1.807, 2.05) is 48.7 Å². The number of allylic oxidation sites excluding steroid dienone is 1. The Morgan fingerprint density at radius 1 is 1.04 bits per heavy atom. The lowest BCUT2D eigenvalue weighted by molar-refractivity contribution is 0.0600. The maximum atomic E-state index is 11.9. The molecule has 3 rings (SSSR count). The molecule has 0 radical (unpaired) electrons. The van der Waals surface area contributed by atoms with Crippen LogP contribution >= 0.6 is 0 Å². The molecule has 126 valence electrons. The van der Waals surface area contributed by atoms with Crippen LogP contribution in [-0.4, -0.2) is 17.6 Å². The first kappa shape index (κ1) is 16.8. The predicted molar refractivity (Wildman–Crippen MR) is 100 cm³/mol. The van der Waals surface area contributed by atoms with Crippen LogP contribution in [0.15, 0.2) is 79.0 Å². The number of carbonyl (C=O) groups excluding carboxylic acids is 1. The number of rotatable bonds is 6. The van der Waals surface area contributed by atoms with Crippen molar-refractivity contribution in [1.82, 2.24) is 4.57 Å². The average molecular weight is 331 g/mol. The quantitative estimate of drug-likeness (QED) is 0.619. The van der Waals surface area contributed by atoms with Gasteiger partial charge in [0.25, 0.3) is 0 Å². The summed E-state index contributed by atoms with van der Waals surface area (Å²) in [7, 11) is 1.41. The Morgan fingerprint density at radius 2 is 1.72 bits per heavy atom. The Bertz CT molecular complexity index is 848. The molecule has 0 saturated carbocycles. The van der Waals surface area contributed by atoms with Crippen molar-refractivity contribution in [3.8, 4) is 0 Å². The fraction of sp³-hybridized carbons (Fsp3) is 0.136. The molecule has 0 aliphatic carbocycles. The number of hydrogen-bond acceptors (Lipinski definition) is 2. The molecule has 0 unspecified atom stereocenters. The Balaban J connectivity index is 1.81. The normalized spacial score (nSPS) is 10.9. The van der Waals surface area contributed by atoms with Crippen LogP contribution in [0, 0.1) is 0 Å². The van der Waals surface area contributed by atoms with Crippen molar-refractivity contribution in [2.24, 2.45) is 0 Å². The summed E-state index contributed by atoms with van der Waals surface area (Å²) in [6.45, 7) is 0.702. The zero-order valence-corrected chi connectivity index (χ0v) is 14.3. The Labute approximate surface area is 148 Å². The second-order valence-corrected chi connectivity index (χ2v) is 5.84. The molecule has 3 nitrogen and oxygen atoms in total. The van der Waals surface area contributed by atoms with Crippen molar-refractivity contribution in [2.75, 3.05) is 7.11 Å². The maximum absolute atomic E-state index is 11.9. The minimum atomic E-state index is -0.305. The number of hydrogen-bond donors (Lipinski definition) is 0. The van der Waals surface area contributed by atoms with Crippen LogP contribution in [0.25, 0.3) is 6.08 Å². The van der Waals surface area contributed by atoms with Crippen LogP contribution in [-0.2, 0) is 17.7 Å². The molecule has 3 heteroatoms. The molecule has 0 bridgehead atoms. The SMILES string of the molecule is COC(=O)c1cc(Cc2ccccc2)n(C/C=C/c2ccccc2)c1. The van der Waals surface area contributed by atoms with Crippen molar-refractivity contribution in [1.29, 1.82) is 0 Å². The molecule has 0 N–H and O–H groups in total. The first-order valence-corrected chi connectivity index (χ1v) is 8.29. The summed E-state index contributed by atoms with van der Waals surface area (Å²) in [5.74, 6) is -0.305. The monoisotopic (exact) mass is 331 g/mol. The van der Waals surface area contributed by atoms with Gasteiger partial charge in [-0.05, 0) is 17.2 Å². The Morgan fingerprint density at radius 3 is 2.40 bits per heavy atom. The van der Waals surface area contributed by atoms with E-state index in [0.29, 0.717) is 12.1 Å². The lowest BCUT2D eigenvalue weighted by Gasteiger charge is -2.06. The molecule has 25 heavy (non-hydrogen) atoms. The van der Waals surface area contributed by atoms with Crippen LogP contribution in [0.4, 0.5) is 0 Å². The van der Waals surface area contributed by atoms with Crippen molar-refractivity contribution >= 4 is 12.0 Å². The van der Waals surface area contributed by atoms with Crippen molar-refractivity contribution < 1.29 is 9.53 Å². The van der Waals surface area contributed by atoms with Gasteiger partial charge in [-0.1, -0.05) is 72.8 Å². The van der Waals surface area contributed by atoms with Gasteiger partial charge in [-0.25, -0.2) is 4.79 Å². The summed E-state index contributed by atoms with van der Waals surface area (Å²) in [6, 6.07) is 22.3. The van der Waals surface area contributed by atoms with E-state index in [-0.39, 0.29) is 5.97 Å². The minimum absolute atomic E-state index is 0.305. The number of methoxy groups -OCH3 is 1. The van der Waals surface area contributed by atoms with Gasteiger partial charge in [0, 0.05) is 24.9 Å². The molecular formula is C22H21NO2. The van der Waals surface area contributed by atoms with E-state index in [0.717, 1.165) is 17.7 Å². The maximum Gasteiger partial charge on any atom is 0.339 e. The third-order valence-electron chi connectivity index (χ3n) is 4.05. The van der Waals surface area contributed by atoms with Crippen LogP contribution in [0.3, 0.4) is 0 Å². The van der Waals surface area contributed by atoms with Gasteiger partial charge in [0.2, 0.25) is 0 Å². The van der Waals surface area contributed by atoms with Crippen molar-refractivity contribution in [3.05, 3.63) is 101 Å². The molecular weight excluding hydrogens is 310 g/mol. The van der Waals surface area contributed by atoms with Crippen LogP contribution in [0.5, 0.6) is 0 Å². The smallest absolute Gasteiger partial charge is 0.339 e. The highest BCUT2D eigenvalue weighted by molar-refractivity contribution is 5.89. The van der Waals surface area contributed by atoms with Gasteiger partial charge < -0.3 is 9.30 Å². The number of nitrogens with zero attached hydrogens (tertiary/aromatic N) is 1. The molecule has 2 aromatic carbocycles. The second kappa shape index (κ2) is 8.15. The van der Waals surface area contributed by atoms with E-state index < -0.39 is 0 Å². The van der Waals surface area contributed by atoms with Gasteiger partial charge in [-0.15, -0.1) is 0 Å². The molecule has 1 heterocycles. The Kier molecular flexibility index (Phi) is 5.47. The average Bonchev–Trinajstić information content (AvgIpc) is 3.05. The van der Waals surface area contributed by atoms with Crippen LogP contribution in [0.1, 0.15) is 27.2 Å². The minimum Gasteiger partial charge on any atom is -0.465 e. The zero-order chi connectivity index (χ0) is 17.5. The first-order chi connectivity index (χ1) is 12.3. The van der Waals surface area contributed by atoms with Gasteiger partial charge in [0.1, 0.15) is 0 Å². The molecule has 1 aromatic heterocycles. The zero-order valence-electron chi connectivity index (χ0n) is 14.3. The standard InChI is InChI=1S/C22H21NO2/c1-25-22(24)20-16-21(15-19-11-6-3-7-12-19)23(17-20)14-8-13-18-9-4-2-5-10-18/h2-13,16-17H,14-15H2,1H3/b13-8+. The predicted octanol–water partition coefficient (Wildman–Crippen LogP) is 4.58. The summed E-state index contributed by atoms with van der Waals surface area (Å²) in [4.78, 5) is 11.9. The highest BCUT2D eigenvalue weighted by atomic mass is 16.5. The molecule has 0 fully saturated rings. The third-order valence-corrected chi connectivity index (χ3v) is 4.05. The summed E-state index contributed by atoms with van der Waals surface area (Å²) in [5, 5.41) is 0. The van der Waals surface area contributed by atoms with E-state index in [1.54, 1.807) is 0 Å². The van der Waals surface area contributed by atoms with Gasteiger partial charge in [-0.2, -0.15) is 0 Å². The molecule has 0 amide bonds. The summed E-state index contributed by atoms with van der Waals surface area (Å²) in [5.41, 5.74) is 4.05. The van der Waals surface area contributed by atoms with E-state index in [4.69, 9.17) is 4.74 Å². The van der Waals surface area contributed by atoms with Gasteiger partial charge in [0.15, 0.2) is 0 Å². The van der Waals surface area contributed by atoms with Crippen LogP contribution < -0.4 is 0 Å². The number of benzene rings is 2. The van der Waals surface area contributed by atoms with E-state index in [9.17, 15) is 4.79 Å². The van der Waals surface area contributed by atoms with Gasteiger partial charge >= 0.3 is 5.97 Å². The molecule has 0 atom stereocenters. The number of ether oxygens (including phenoxy) is 1. The lowest BCUT2D eigenvalue weighted by Crippen LogP contribution is -2.01. The second-order valence-electron chi connectivity index (χ2n) is 5.84. The number of carbonyl (C=O) groups is 1. The third kappa shape index (κ3) is 4.48. The molecule has 3 aromatic rings. The summed E-state index contributed by atoms with van der Waals surface area (Å²) >= 11 is 0. The number of esters is 1. The summed E-state index contributed by atoms with van der Waals surface area (Å²) < 4.78 is 6.95. The van der Waals surface area contributed by atoms with Crippen molar-refractivity contribution in [3.63, 3.8) is 0 Å². The molecule has 0 aliphatic rings. The topological polar surface area (TPSA) is 31.2 Å². The lowest BCUT2D eigenvalue weighted by atomic mass is 10.1. The van der Waals surface area contributed by atoms with Gasteiger partial charge in [-0.3, -0.25) is 0 Å². The van der Waals surface area contributed by atoms with E-state index >= 15 is 0 Å². The molecule has 0 spiro atoms. The van der Waals surface area contributed by atoms with E-state index in [1.165, 1.54) is 12.7 Å². The fourth-order valence-corrected chi connectivity index (χ4v) is 2.77. The first-order valence-electron chi connectivity index (χ1n) is 8.29. The van der Waals surface area contributed by atoms with Crippen molar-refractivity contribution in [2.45, 2.75) is 13.0 Å². The number of aromatic nitrogens is 1.